The number of unbranched alkanes of at least 4 members (excludes halogenated alkanes) is 9. The van der Waals surface area contributed by atoms with E-state index in [4.69, 9.17) is 14.5 Å². The van der Waals surface area contributed by atoms with Gasteiger partial charge in [0.05, 0.1) is 18.5 Å². The Kier molecular flexibility index (Phi) is 17.5. The van der Waals surface area contributed by atoms with E-state index in [9.17, 15) is 14.4 Å². The highest BCUT2D eigenvalue weighted by molar-refractivity contribution is 5.86. The number of pyridine rings is 1. The number of carbonyl (C=O) groups excluding carboxylic acids is 2. The normalized spacial score (nSPS) is 20.8. The van der Waals surface area contributed by atoms with Gasteiger partial charge in [-0.3, -0.25) is 24.4 Å². The number of nitrogens with one attached hydrogen (secondary N) is 3. The number of hydrogen-bond acceptors (Lipinski definition) is 10. The molecule has 3 fully saturated rings. The summed E-state index contributed by atoms with van der Waals surface area (Å²) in [6.07, 6.45) is 21.2. The molecule has 1 saturated heterocycles. The summed E-state index contributed by atoms with van der Waals surface area (Å²) in [6.45, 7) is 18.1. The summed E-state index contributed by atoms with van der Waals surface area (Å²) in [5, 5.41) is 10.1. The van der Waals surface area contributed by atoms with Crippen LogP contribution in [0.15, 0.2) is 59.5 Å². The highest BCUT2D eigenvalue weighted by Crippen LogP contribution is 2.51. The summed E-state index contributed by atoms with van der Waals surface area (Å²) in [5.74, 6) is 3.83. The van der Waals surface area contributed by atoms with Gasteiger partial charge in [0.25, 0.3) is 5.56 Å². The van der Waals surface area contributed by atoms with Gasteiger partial charge in [-0.2, -0.15) is 4.98 Å². The maximum Gasteiger partial charge on any atom is 0.412 e. The molecule has 3 aliphatic rings. The van der Waals surface area contributed by atoms with Gasteiger partial charge in [0, 0.05) is 74.2 Å². The van der Waals surface area contributed by atoms with Crippen LogP contribution in [0.3, 0.4) is 0 Å². The lowest BCUT2D eigenvalue weighted by atomic mass is 9.58. The van der Waals surface area contributed by atoms with Crippen LogP contribution in [0.25, 0.3) is 16.7 Å². The molecule has 7 rings (SSSR count). The highest BCUT2D eigenvalue weighted by Gasteiger charge is 2.41. The van der Waals surface area contributed by atoms with Crippen LogP contribution in [0.5, 0.6) is 5.75 Å². The Bertz CT molecular complexity index is 2350. The summed E-state index contributed by atoms with van der Waals surface area (Å²) in [4.78, 5) is 53.2. The van der Waals surface area contributed by atoms with Crippen LogP contribution >= 0.6 is 0 Å². The third-order valence-corrected chi connectivity index (χ3v) is 14.4. The Balaban J connectivity index is 0.783. The monoisotopic (exact) mass is 933 g/mol. The molecule has 2 aromatic carbocycles. The van der Waals surface area contributed by atoms with Crippen molar-refractivity contribution in [3.63, 3.8) is 0 Å². The number of ether oxygens (including phenoxy) is 2. The number of benzene rings is 2. The van der Waals surface area contributed by atoms with E-state index in [1.165, 1.54) is 94.5 Å². The Morgan fingerprint density at radius 2 is 1.51 bits per heavy atom. The lowest BCUT2D eigenvalue weighted by molar-refractivity contribution is -0.124. The quantitative estimate of drug-likeness (QED) is 0.0691. The highest BCUT2D eigenvalue weighted by atomic mass is 16.6. The van der Waals surface area contributed by atoms with Crippen molar-refractivity contribution in [3.8, 4) is 11.4 Å². The van der Waals surface area contributed by atoms with Crippen molar-refractivity contribution in [2.24, 2.45) is 23.2 Å². The fraction of sp³-hybridized carbons (Fsp3) is 0.618. The van der Waals surface area contributed by atoms with Gasteiger partial charge in [0.1, 0.15) is 11.4 Å². The van der Waals surface area contributed by atoms with E-state index >= 15 is 0 Å². The standard InChI is InChI=1S/C55H80N8O5/c1-39-29-41-32-42(30-39)36-55(6,35-41)37-49(64)56-23-16-14-12-10-8-9-11-13-15-17-24-61-25-27-62(28-26-61)44-21-22-47(48(34-44)67-7)59-52-57-38-46-40(2)31-50(65)63(51(46)60-52)45-20-18-19-43(33-45)58-53(66)68-54(3,4)5/h18-22,31,33-34,38-39,41-42H,8-17,23-30,32,35-37H2,1-7H3,(H,56,64)(H,58,66)(H,57,59,60). The van der Waals surface area contributed by atoms with Crippen LogP contribution in [0, 0.1) is 30.1 Å². The molecule has 3 heterocycles. The second-order valence-corrected chi connectivity index (χ2v) is 21.8. The van der Waals surface area contributed by atoms with E-state index in [0.29, 0.717) is 34.4 Å². The van der Waals surface area contributed by atoms with E-state index in [-0.39, 0.29) is 16.9 Å². The topological polar surface area (TPSA) is 143 Å². The molecule has 2 bridgehead atoms. The van der Waals surface area contributed by atoms with Crippen LogP contribution < -0.4 is 31.1 Å². The molecular weight excluding hydrogens is 853 g/mol. The molecule has 4 aromatic rings. The molecule has 2 aliphatic carbocycles. The van der Waals surface area contributed by atoms with Gasteiger partial charge in [-0.25, -0.2) is 9.78 Å². The lowest BCUT2D eigenvalue weighted by Crippen LogP contribution is -2.46. The number of carbonyl (C=O) groups is 2. The van der Waals surface area contributed by atoms with Crippen molar-refractivity contribution in [3.05, 3.63) is 70.6 Å². The summed E-state index contributed by atoms with van der Waals surface area (Å²) in [7, 11) is 1.66. The molecule has 2 aromatic heterocycles. The van der Waals surface area contributed by atoms with Crippen molar-refractivity contribution in [1.29, 1.82) is 0 Å². The van der Waals surface area contributed by atoms with E-state index < -0.39 is 11.7 Å². The predicted molar refractivity (Wildman–Crippen MR) is 276 cm³/mol. The van der Waals surface area contributed by atoms with Gasteiger partial charge in [0.2, 0.25) is 11.9 Å². The number of aromatic nitrogens is 3. The molecule has 370 valence electrons. The molecule has 0 radical (unpaired) electrons. The zero-order valence-corrected chi connectivity index (χ0v) is 42.3. The number of rotatable bonds is 21. The zero-order valence-electron chi connectivity index (χ0n) is 42.3. The number of nitrogens with zero attached hydrogens (tertiary/aromatic N) is 5. The predicted octanol–water partition coefficient (Wildman–Crippen LogP) is 11.6. The number of hydrogen-bond donors (Lipinski definition) is 3. The Morgan fingerprint density at radius 1 is 0.838 bits per heavy atom. The van der Waals surface area contributed by atoms with Crippen molar-refractivity contribution < 1.29 is 19.1 Å². The van der Waals surface area contributed by atoms with Crippen molar-refractivity contribution in [2.45, 2.75) is 150 Å². The molecule has 13 nitrogen and oxygen atoms in total. The largest absolute Gasteiger partial charge is 0.494 e. The van der Waals surface area contributed by atoms with E-state index in [0.717, 1.165) is 86.5 Å². The number of piperazine rings is 1. The SMILES string of the molecule is COc1cc(N2CCN(CCCCCCCCCCCCNC(=O)CC3(C)CC4CC(C)CC(C4)C3)CC2)ccc1Nc1ncc2c(C)cc(=O)n(-c3cccc(NC(=O)OC(C)(C)C)c3)c2n1. The Hall–Kier alpha value is -5.17. The van der Waals surface area contributed by atoms with Crippen molar-refractivity contribution in [1.82, 2.24) is 24.8 Å². The average molecular weight is 933 g/mol. The second kappa shape index (κ2) is 23.4. The lowest BCUT2D eigenvalue weighted by Gasteiger charge is -2.47. The first-order valence-corrected chi connectivity index (χ1v) is 25.8. The van der Waals surface area contributed by atoms with Crippen molar-refractivity contribution >= 4 is 46.0 Å². The Labute approximate surface area is 405 Å². The molecule has 2 unspecified atom stereocenters. The van der Waals surface area contributed by atoms with Gasteiger partial charge in [-0.15, -0.1) is 0 Å². The summed E-state index contributed by atoms with van der Waals surface area (Å²) >= 11 is 0. The molecule has 2 saturated carbocycles. The number of methoxy groups -OCH3 is 1. The first-order valence-electron chi connectivity index (χ1n) is 25.8. The first kappa shape index (κ1) is 50.7. The first-order chi connectivity index (χ1) is 32.6. The van der Waals surface area contributed by atoms with Crippen LogP contribution in [0.1, 0.15) is 143 Å². The molecule has 2 amide bonds. The third kappa shape index (κ3) is 14.4. The fourth-order valence-electron chi connectivity index (χ4n) is 11.4. The Morgan fingerprint density at radius 3 is 2.19 bits per heavy atom. The van der Waals surface area contributed by atoms with Gasteiger partial charge in [-0.05, 0) is 138 Å². The minimum atomic E-state index is -0.650. The maximum atomic E-state index is 13.5. The summed E-state index contributed by atoms with van der Waals surface area (Å²) in [5.41, 5.74) is 3.35. The molecule has 2 atom stereocenters. The number of aryl methyl sites for hydroxylation is 1. The molecule has 68 heavy (non-hydrogen) atoms. The van der Waals surface area contributed by atoms with E-state index in [1.807, 2.05) is 13.0 Å². The van der Waals surface area contributed by atoms with Crippen LogP contribution in [0.2, 0.25) is 0 Å². The van der Waals surface area contributed by atoms with Crippen molar-refractivity contribution in [2.75, 3.05) is 61.9 Å². The molecule has 0 spiro atoms. The van der Waals surface area contributed by atoms with Crippen LogP contribution in [-0.2, 0) is 9.53 Å². The van der Waals surface area contributed by atoms with Gasteiger partial charge in [0.15, 0.2) is 5.65 Å². The van der Waals surface area contributed by atoms with Gasteiger partial charge in [-0.1, -0.05) is 71.3 Å². The van der Waals surface area contributed by atoms with Gasteiger partial charge >= 0.3 is 6.09 Å². The fourth-order valence-corrected chi connectivity index (χ4v) is 11.4. The summed E-state index contributed by atoms with van der Waals surface area (Å²) in [6, 6.07) is 14.7. The number of amides is 2. The van der Waals surface area contributed by atoms with Gasteiger partial charge < -0.3 is 25.0 Å². The van der Waals surface area contributed by atoms with E-state index in [1.54, 1.807) is 64.4 Å². The second-order valence-electron chi connectivity index (χ2n) is 21.8. The average Bonchev–Trinajstić information content (AvgIpc) is 3.27. The molecule has 13 heteroatoms. The maximum absolute atomic E-state index is 13.5. The smallest absolute Gasteiger partial charge is 0.412 e. The summed E-state index contributed by atoms with van der Waals surface area (Å²) < 4.78 is 12.8. The van der Waals surface area contributed by atoms with E-state index in [2.05, 4.69) is 56.7 Å². The zero-order chi connectivity index (χ0) is 48.3. The number of anilines is 4. The number of fused-ring (bicyclic) bond motifs is 3. The molecule has 1 aliphatic heterocycles. The third-order valence-electron chi connectivity index (χ3n) is 14.4. The van der Waals surface area contributed by atoms with Crippen LogP contribution in [0.4, 0.5) is 27.8 Å². The molecular formula is C55H80N8O5. The van der Waals surface area contributed by atoms with Crippen LogP contribution in [-0.4, -0.2) is 83.4 Å². The molecule has 3 N–H and O–H groups in total. The minimum Gasteiger partial charge on any atom is -0.494 e. The minimum absolute atomic E-state index is 0.210.